The summed E-state index contributed by atoms with van der Waals surface area (Å²) in [4.78, 5) is 32.9. The highest BCUT2D eigenvalue weighted by Gasteiger charge is 2.33. The number of hydrogen-bond donors (Lipinski definition) is 2. The van der Waals surface area contributed by atoms with Crippen molar-refractivity contribution in [1.82, 2.24) is 15.3 Å². The Balaban J connectivity index is 1.63. The van der Waals surface area contributed by atoms with Gasteiger partial charge in [0.2, 0.25) is 0 Å². The number of H-pyrrole nitrogens is 1. The minimum atomic E-state index is -1.15. The van der Waals surface area contributed by atoms with Crippen molar-refractivity contribution in [2.24, 2.45) is 0 Å². The summed E-state index contributed by atoms with van der Waals surface area (Å²) in [6, 6.07) is 12.3. The lowest BCUT2D eigenvalue weighted by Gasteiger charge is -2.25. The molecule has 32 heavy (non-hydrogen) atoms. The average molecular weight is 437 g/mol. The summed E-state index contributed by atoms with van der Waals surface area (Å²) in [5, 5.41) is 3.83. The van der Waals surface area contributed by atoms with E-state index >= 15 is 0 Å². The van der Waals surface area contributed by atoms with Crippen LogP contribution in [0.4, 0.5) is 0 Å². The van der Waals surface area contributed by atoms with E-state index in [9.17, 15) is 9.59 Å². The predicted molar refractivity (Wildman–Crippen MR) is 121 cm³/mol. The first kappa shape index (κ1) is 22.0. The van der Waals surface area contributed by atoms with E-state index in [0.717, 1.165) is 19.4 Å². The second-order valence-corrected chi connectivity index (χ2v) is 8.30. The molecule has 0 amide bonds. The number of carbonyl (C=O) groups is 1. The van der Waals surface area contributed by atoms with Gasteiger partial charge >= 0.3 is 5.97 Å². The van der Waals surface area contributed by atoms with Gasteiger partial charge in [-0.1, -0.05) is 12.1 Å². The van der Waals surface area contributed by atoms with Crippen molar-refractivity contribution in [3.8, 4) is 22.9 Å². The second kappa shape index (κ2) is 9.10. The standard InChI is InChI=1S/C24H27N3O5/c1-24(2,31-14-15-7-6-12-25-15)23(29)32-20-11-10-16(30-3)13-18(20)21-26-19-9-5-4-8-17(19)22(28)27-21/h4-5,8-11,13,15,25H,6-7,12,14H2,1-3H3,(H,26,27,28)/t15-/m0/s1. The molecule has 3 aromatic rings. The zero-order chi connectivity index (χ0) is 22.7. The zero-order valence-electron chi connectivity index (χ0n) is 18.4. The molecule has 1 atom stereocenters. The summed E-state index contributed by atoms with van der Waals surface area (Å²) < 4.78 is 16.9. The van der Waals surface area contributed by atoms with Gasteiger partial charge in [-0.2, -0.15) is 0 Å². The van der Waals surface area contributed by atoms with Crippen LogP contribution in [-0.2, 0) is 9.53 Å². The first-order chi connectivity index (χ1) is 15.4. The quantitative estimate of drug-likeness (QED) is 0.433. The maximum absolute atomic E-state index is 13.0. The Morgan fingerprint density at radius 1 is 1.22 bits per heavy atom. The van der Waals surface area contributed by atoms with Crippen LogP contribution >= 0.6 is 0 Å². The highest BCUT2D eigenvalue weighted by Crippen LogP contribution is 2.33. The molecular formula is C24H27N3O5. The van der Waals surface area contributed by atoms with E-state index in [1.807, 2.05) is 6.07 Å². The number of benzene rings is 2. The third-order valence-corrected chi connectivity index (χ3v) is 5.56. The average Bonchev–Trinajstić information content (AvgIpc) is 3.32. The molecule has 2 heterocycles. The van der Waals surface area contributed by atoms with Crippen molar-refractivity contribution in [3.05, 3.63) is 52.8 Å². The summed E-state index contributed by atoms with van der Waals surface area (Å²) in [5.41, 5.74) is -0.447. The summed E-state index contributed by atoms with van der Waals surface area (Å²) >= 11 is 0. The monoisotopic (exact) mass is 437 g/mol. The van der Waals surface area contributed by atoms with Gasteiger partial charge in [0.05, 0.1) is 30.2 Å². The van der Waals surface area contributed by atoms with Gasteiger partial charge in [-0.3, -0.25) is 4.79 Å². The Morgan fingerprint density at radius 3 is 2.78 bits per heavy atom. The van der Waals surface area contributed by atoms with Crippen LogP contribution in [0.2, 0.25) is 0 Å². The number of methoxy groups -OCH3 is 1. The van der Waals surface area contributed by atoms with E-state index in [1.54, 1.807) is 50.2 Å². The molecule has 2 aromatic carbocycles. The van der Waals surface area contributed by atoms with Crippen molar-refractivity contribution in [1.29, 1.82) is 0 Å². The third-order valence-electron chi connectivity index (χ3n) is 5.56. The van der Waals surface area contributed by atoms with Gasteiger partial charge in [0.1, 0.15) is 17.3 Å². The number of nitrogens with one attached hydrogen (secondary N) is 2. The van der Waals surface area contributed by atoms with Gasteiger partial charge < -0.3 is 24.5 Å². The molecule has 0 spiro atoms. The van der Waals surface area contributed by atoms with Crippen LogP contribution in [0, 0.1) is 0 Å². The van der Waals surface area contributed by atoms with Crippen LogP contribution in [-0.4, -0.2) is 47.8 Å². The lowest BCUT2D eigenvalue weighted by Crippen LogP contribution is -2.42. The summed E-state index contributed by atoms with van der Waals surface area (Å²) in [6.07, 6.45) is 2.12. The Bertz CT molecular complexity index is 1180. The molecule has 0 saturated carbocycles. The minimum absolute atomic E-state index is 0.241. The van der Waals surface area contributed by atoms with E-state index in [4.69, 9.17) is 14.2 Å². The van der Waals surface area contributed by atoms with E-state index in [-0.39, 0.29) is 23.2 Å². The fraction of sp³-hybridized carbons (Fsp3) is 0.375. The summed E-state index contributed by atoms with van der Waals surface area (Å²) in [6.45, 7) is 4.76. The molecule has 0 aliphatic carbocycles. The number of hydrogen-bond acceptors (Lipinski definition) is 7. The van der Waals surface area contributed by atoms with Crippen LogP contribution in [0.1, 0.15) is 26.7 Å². The van der Waals surface area contributed by atoms with Crippen LogP contribution in [0.15, 0.2) is 47.3 Å². The molecular weight excluding hydrogens is 410 g/mol. The molecule has 8 nitrogen and oxygen atoms in total. The molecule has 8 heteroatoms. The third kappa shape index (κ3) is 4.66. The molecule has 1 saturated heterocycles. The molecule has 1 aliphatic heterocycles. The van der Waals surface area contributed by atoms with Crippen molar-refractivity contribution in [2.75, 3.05) is 20.3 Å². The maximum Gasteiger partial charge on any atom is 0.343 e. The number of carbonyl (C=O) groups excluding carboxylic acids is 1. The highest BCUT2D eigenvalue weighted by molar-refractivity contribution is 5.84. The summed E-state index contributed by atoms with van der Waals surface area (Å²) in [7, 11) is 1.54. The van der Waals surface area contributed by atoms with Gasteiger partial charge in [-0.05, 0) is 63.6 Å². The van der Waals surface area contributed by atoms with E-state index < -0.39 is 11.6 Å². The molecule has 1 fully saturated rings. The molecule has 4 rings (SSSR count). The number of fused-ring (bicyclic) bond motifs is 1. The van der Waals surface area contributed by atoms with Gasteiger partial charge in [0.25, 0.3) is 5.56 Å². The molecule has 1 aliphatic rings. The number of nitrogens with zero attached hydrogens (tertiary/aromatic N) is 1. The van der Waals surface area contributed by atoms with Crippen LogP contribution in [0.5, 0.6) is 11.5 Å². The van der Waals surface area contributed by atoms with Gasteiger partial charge in [0, 0.05) is 6.04 Å². The van der Waals surface area contributed by atoms with E-state index in [2.05, 4.69) is 15.3 Å². The fourth-order valence-corrected chi connectivity index (χ4v) is 3.61. The lowest BCUT2D eigenvalue weighted by atomic mass is 10.1. The van der Waals surface area contributed by atoms with E-state index in [0.29, 0.717) is 28.8 Å². The Labute approximate surface area is 185 Å². The lowest BCUT2D eigenvalue weighted by molar-refractivity contribution is -0.158. The molecule has 0 radical (unpaired) electrons. The van der Waals surface area contributed by atoms with Crippen molar-refractivity contribution in [2.45, 2.75) is 38.3 Å². The number of rotatable bonds is 7. The maximum atomic E-state index is 13.0. The topological polar surface area (TPSA) is 103 Å². The van der Waals surface area contributed by atoms with Crippen LogP contribution < -0.4 is 20.3 Å². The number of aromatic nitrogens is 2. The Morgan fingerprint density at radius 2 is 2.03 bits per heavy atom. The summed E-state index contributed by atoms with van der Waals surface area (Å²) in [5.74, 6) is 0.539. The van der Waals surface area contributed by atoms with Gasteiger partial charge in [-0.25, -0.2) is 9.78 Å². The first-order valence-corrected chi connectivity index (χ1v) is 10.6. The Kier molecular flexibility index (Phi) is 6.25. The molecule has 2 N–H and O–H groups in total. The number of aromatic amines is 1. The van der Waals surface area contributed by atoms with Crippen LogP contribution in [0.3, 0.4) is 0 Å². The minimum Gasteiger partial charge on any atom is -0.497 e. The van der Waals surface area contributed by atoms with E-state index in [1.165, 1.54) is 7.11 Å². The predicted octanol–water partition coefficient (Wildman–Crippen LogP) is 3.05. The number of para-hydroxylation sites is 1. The molecule has 0 unspecified atom stereocenters. The number of esters is 1. The van der Waals surface area contributed by atoms with Crippen molar-refractivity contribution in [3.63, 3.8) is 0 Å². The second-order valence-electron chi connectivity index (χ2n) is 8.30. The van der Waals surface area contributed by atoms with Crippen molar-refractivity contribution >= 4 is 16.9 Å². The molecule has 168 valence electrons. The van der Waals surface area contributed by atoms with Gasteiger partial charge in [-0.15, -0.1) is 0 Å². The smallest absolute Gasteiger partial charge is 0.343 e. The zero-order valence-corrected chi connectivity index (χ0v) is 18.4. The number of ether oxygens (including phenoxy) is 3. The normalized spacial score (nSPS) is 16.3. The fourth-order valence-electron chi connectivity index (χ4n) is 3.61. The van der Waals surface area contributed by atoms with Crippen LogP contribution in [0.25, 0.3) is 22.3 Å². The molecule has 1 aromatic heterocycles. The highest BCUT2D eigenvalue weighted by atomic mass is 16.6. The SMILES string of the molecule is COc1ccc(OC(=O)C(C)(C)OC[C@@H]2CCCN2)c(-c2nc3ccccc3c(=O)[nH]2)c1. The van der Waals surface area contributed by atoms with Crippen molar-refractivity contribution < 1.29 is 19.0 Å². The Hall–Kier alpha value is -3.23. The largest absolute Gasteiger partial charge is 0.497 e. The first-order valence-electron chi connectivity index (χ1n) is 10.6. The van der Waals surface area contributed by atoms with Gasteiger partial charge in [0.15, 0.2) is 5.60 Å². The molecule has 0 bridgehead atoms.